The third-order valence-electron chi connectivity index (χ3n) is 8.09. The van der Waals surface area contributed by atoms with E-state index >= 15 is 0 Å². The summed E-state index contributed by atoms with van der Waals surface area (Å²) in [4.78, 5) is 30.9. The molecule has 0 bridgehead atoms. The van der Waals surface area contributed by atoms with Crippen LogP contribution in [0.2, 0.25) is 0 Å². The zero-order valence-electron chi connectivity index (χ0n) is 17.8. The topological polar surface area (TPSA) is 59.1 Å². The minimum atomic E-state index is -0.193. The van der Waals surface area contributed by atoms with Gasteiger partial charge in [0.1, 0.15) is 5.78 Å². The second-order valence-corrected chi connectivity index (χ2v) is 11.0. The number of nitrogens with one attached hydrogen (secondary N) is 1. The molecule has 0 aliphatic heterocycles. The van der Waals surface area contributed by atoms with Gasteiger partial charge in [-0.2, -0.15) is 0 Å². The molecule has 158 valence electrons. The van der Waals surface area contributed by atoms with Gasteiger partial charge in [0.2, 0.25) is 5.91 Å². The smallest absolute Gasteiger partial charge is 0.226 e. The maximum Gasteiger partial charge on any atom is 0.226 e. The molecule has 5 atom stereocenters. The molecule has 1 aromatic heterocycles. The zero-order chi connectivity index (χ0) is 20.9. The van der Waals surface area contributed by atoms with Crippen molar-refractivity contribution in [3.63, 3.8) is 0 Å². The summed E-state index contributed by atoms with van der Waals surface area (Å²) in [7, 11) is 0. The summed E-state index contributed by atoms with van der Waals surface area (Å²) in [5.74, 6) is 2.34. The van der Waals surface area contributed by atoms with Gasteiger partial charge in [-0.3, -0.25) is 9.59 Å². The van der Waals surface area contributed by atoms with Crippen LogP contribution in [0.1, 0.15) is 67.4 Å². The largest absolute Gasteiger partial charge is 0.302 e. The Morgan fingerprint density at radius 3 is 2.93 bits per heavy atom. The normalized spacial score (nSPS) is 32.3. The Hall–Kier alpha value is -2.01. The number of rotatable bonds is 4. The van der Waals surface area contributed by atoms with E-state index < -0.39 is 0 Å². The molecule has 1 aromatic carbocycles. The molecular weight excluding hydrogens is 392 g/mol. The lowest BCUT2D eigenvalue weighted by molar-refractivity contribution is -0.129. The van der Waals surface area contributed by atoms with E-state index in [0.717, 1.165) is 30.6 Å². The number of benzene rings is 1. The molecular formula is C25H30N2O2S. The van der Waals surface area contributed by atoms with Gasteiger partial charge in [0, 0.05) is 29.3 Å². The van der Waals surface area contributed by atoms with Gasteiger partial charge < -0.3 is 5.32 Å². The summed E-state index contributed by atoms with van der Waals surface area (Å²) < 4.78 is 0. The molecule has 1 heterocycles. The van der Waals surface area contributed by atoms with Gasteiger partial charge in [0.05, 0.1) is 0 Å². The van der Waals surface area contributed by atoms with Crippen LogP contribution in [0.3, 0.4) is 0 Å². The number of nitrogens with zero attached hydrogens (tertiary/aromatic N) is 1. The molecule has 5 heteroatoms. The summed E-state index contributed by atoms with van der Waals surface area (Å²) in [6.45, 7) is 4.20. The molecule has 0 spiro atoms. The second-order valence-electron chi connectivity index (χ2n) is 9.74. The van der Waals surface area contributed by atoms with Crippen molar-refractivity contribution in [3.05, 3.63) is 46.5 Å². The van der Waals surface area contributed by atoms with Crippen LogP contribution >= 0.6 is 11.3 Å². The average molecular weight is 423 g/mol. The Kier molecular flexibility index (Phi) is 5.04. The number of amides is 1. The summed E-state index contributed by atoms with van der Waals surface area (Å²) in [6, 6.07) is 8.90. The van der Waals surface area contributed by atoms with Crippen molar-refractivity contribution >= 4 is 28.2 Å². The van der Waals surface area contributed by atoms with Crippen LogP contribution in [-0.2, 0) is 16.0 Å². The number of carbonyl (C=O) groups excluding carboxylic acids is 2. The van der Waals surface area contributed by atoms with E-state index in [1.54, 1.807) is 6.20 Å². The van der Waals surface area contributed by atoms with Crippen molar-refractivity contribution in [2.24, 2.45) is 23.2 Å². The monoisotopic (exact) mass is 422 g/mol. The van der Waals surface area contributed by atoms with Crippen molar-refractivity contribution in [1.82, 2.24) is 4.98 Å². The summed E-state index contributed by atoms with van der Waals surface area (Å²) in [6.07, 6.45) is 8.11. The van der Waals surface area contributed by atoms with Gasteiger partial charge in [-0.05, 0) is 73.8 Å². The van der Waals surface area contributed by atoms with Gasteiger partial charge in [-0.1, -0.05) is 31.2 Å². The Bertz CT molecular complexity index is 983. The fourth-order valence-electron chi connectivity index (χ4n) is 6.76. The molecule has 4 nitrogen and oxygen atoms in total. The maximum absolute atomic E-state index is 13.1. The van der Waals surface area contributed by atoms with Crippen LogP contribution < -0.4 is 5.32 Å². The van der Waals surface area contributed by atoms with Crippen LogP contribution in [0.25, 0.3) is 0 Å². The molecule has 0 saturated heterocycles. The number of ketones is 1. The fourth-order valence-corrected chi connectivity index (χ4v) is 7.44. The predicted octanol–water partition coefficient (Wildman–Crippen LogP) is 5.52. The van der Waals surface area contributed by atoms with Gasteiger partial charge in [-0.15, -0.1) is 11.3 Å². The minimum absolute atomic E-state index is 0.0201. The molecule has 30 heavy (non-hydrogen) atoms. The quantitative estimate of drug-likeness (QED) is 0.705. The standard InChI is InChI=1S/C25H30N2O2S/c1-15-14-26-24(30-15)27-22(29)10-8-17-13-21(28)25(2)12-11-19-18-6-4-3-5-16(18)7-9-20(19)23(17)25/h3-6,14,17,19-20,23H,7-13H2,1-2H3,(H,26,27,29). The summed E-state index contributed by atoms with van der Waals surface area (Å²) in [5.41, 5.74) is 2.83. The number of thiazole rings is 1. The number of hydrogen-bond acceptors (Lipinski definition) is 4. The number of hydrogen-bond donors (Lipinski definition) is 1. The van der Waals surface area contributed by atoms with E-state index in [4.69, 9.17) is 0 Å². The Balaban J connectivity index is 1.33. The van der Waals surface area contributed by atoms with Crippen molar-refractivity contribution < 1.29 is 9.59 Å². The van der Waals surface area contributed by atoms with Crippen molar-refractivity contribution in [2.45, 2.75) is 64.7 Å². The highest BCUT2D eigenvalue weighted by Gasteiger charge is 2.58. The Morgan fingerprint density at radius 2 is 2.13 bits per heavy atom. The molecule has 2 fully saturated rings. The van der Waals surface area contributed by atoms with E-state index in [1.807, 2.05) is 6.92 Å². The third-order valence-corrected chi connectivity index (χ3v) is 8.92. The molecule has 3 aliphatic rings. The van der Waals surface area contributed by atoms with Crippen molar-refractivity contribution in [3.8, 4) is 0 Å². The minimum Gasteiger partial charge on any atom is -0.302 e. The number of aryl methyl sites for hydroxylation is 2. The third kappa shape index (κ3) is 3.31. The first kappa shape index (κ1) is 19.9. The highest BCUT2D eigenvalue weighted by molar-refractivity contribution is 7.15. The number of carbonyl (C=O) groups is 2. The predicted molar refractivity (Wildman–Crippen MR) is 120 cm³/mol. The average Bonchev–Trinajstić information content (AvgIpc) is 3.26. The first-order valence-electron chi connectivity index (χ1n) is 11.3. The van der Waals surface area contributed by atoms with E-state index in [2.05, 4.69) is 41.5 Å². The molecule has 2 saturated carbocycles. The van der Waals surface area contributed by atoms with Crippen molar-refractivity contribution in [1.29, 1.82) is 0 Å². The lowest BCUT2D eigenvalue weighted by atomic mass is 9.54. The van der Waals surface area contributed by atoms with Crippen molar-refractivity contribution in [2.75, 3.05) is 5.32 Å². The van der Waals surface area contributed by atoms with Gasteiger partial charge in [-0.25, -0.2) is 4.98 Å². The van der Waals surface area contributed by atoms with Crippen LogP contribution in [-0.4, -0.2) is 16.7 Å². The summed E-state index contributed by atoms with van der Waals surface area (Å²) >= 11 is 1.50. The van der Waals surface area contributed by atoms with Gasteiger partial charge >= 0.3 is 0 Å². The maximum atomic E-state index is 13.1. The Labute approximate surface area is 182 Å². The highest BCUT2D eigenvalue weighted by atomic mass is 32.1. The SMILES string of the molecule is Cc1cnc(NC(=O)CCC2CC(=O)C3(C)CCC4c5ccccc5CCC4C23)s1. The van der Waals surface area contributed by atoms with Crippen LogP contribution in [0.15, 0.2) is 30.5 Å². The van der Waals surface area contributed by atoms with Crippen LogP contribution in [0, 0.1) is 30.1 Å². The van der Waals surface area contributed by atoms with E-state index in [9.17, 15) is 9.59 Å². The van der Waals surface area contributed by atoms with E-state index in [1.165, 1.54) is 28.9 Å². The second kappa shape index (κ2) is 7.60. The number of anilines is 1. The van der Waals surface area contributed by atoms with Gasteiger partial charge in [0.25, 0.3) is 0 Å². The van der Waals surface area contributed by atoms with Crippen LogP contribution in [0.4, 0.5) is 5.13 Å². The first-order chi connectivity index (χ1) is 14.5. The lowest BCUT2D eigenvalue weighted by Crippen LogP contribution is -2.44. The molecule has 5 unspecified atom stereocenters. The van der Waals surface area contributed by atoms with E-state index in [-0.39, 0.29) is 11.3 Å². The van der Waals surface area contributed by atoms with Crippen LogP contribution in [0.5, 0.6) is 0 Å². The molecule has 5 rings (SSSR count). The number of Topliss-reactive ketones (excluding diaryl/α,β-unsaturated/α-hetero) is 1. The highest BCUT2D eigenvalue weighted by Crippen LogP contribution is 2.62. The molecule has 0 radical (unpaired) electrons. The number of fused-ring (bicyclic) bond motifs is 5. The molecule has 1 N–H and O–H groups in total. The van der Waals surface area contributed by atoms with E-state index in [0.29, 0.717) is 47.4 Å². The molecule has 1 amide bonds. The molecule has 3 aliphatic carbocycles. The van der Waals surface area contributed by atoms with Gasteiger partial charge in [0.15, 0.2) is 5.13 Å². The summed E-state index contributed by atoms with van der Waals surface area (Å²) in [5, 5.41) is 3.60. The fraction of sp³-hybridized carbons (Fsp3) is 0.560. The molecule has 2 aromatic rings. The number of aromatic nitrogens is 1. The Morgan fingerprint density at radius 1 is 1.30 bits per heavy atom. The first-order valence-corrected chi connectivity index (χ1v) is 12.1. The zero-order valence-corrected chi connectivity index (χ0v) is 18.6. The lowest BCUT2D eigenvalue weighted by Gasteiger charge is -2.50.